The molecule has 0 aliphatic heterocycles. The molecule has 0 bridgehead atoms. The van der Waals surface area contributed by atoms with Crippen molar-refractivity contribution in [2.24, 2.45) is 7.05 Å². The van der Waals surface area contributed by atoms with Crippen molar-refractivity contribution in [1.29, 1.82) is 0 Å². The lowest BCUT2D eigenvalue weighted by atomic mass is 10.1. The lowest BCUT2D eigenvalue weighted by molar-refractivity contribution is 0.0950. The SMILES string of the molecule is CN(C)c1ccccc1C(=O)NCc1nccn1C. The molecule has 0 aliphatic rings. The number of hydrogen-bond acceptors (Lipinski definition) is 3. The third kappa shape index (κ3) is 2.93. The van der Waals surface area contributed by atoms with Crippen molar-refractivity contribution in [1.82, 2.24) is 14.9 Å². The van der Waals surface area contributed by atoms with Gasteiger partial charge in [-0.05, 0) is 12.1 Å². The normalized spacial score (nSPS) is 10.3. The monoisotopic (exact) mass is 258 g/mol. The van der Waals surface area contributed by atoms with Crippen molar-refractivity contribution in [2.45, 2.75) is 6.54 Å². The highest BCUT2D eigenvalue weighted by Gasteiger charge is 2.12. The number of amides is 1. The molecule has 0 saturated heterocycles. The minimum atomic E-state index is -0.0905. The van der Waals surface area contributed by atoms with Crippen LogP contribution >= 0.6 is 0 Å². The van der Waals surface area contributed by atoms with Crippen LogP contribution < -0.4 is 10.2 Å². The molecule has 0 atom stereocenters. The van der Waals surface area contributed by atoms with Gasteiger partial charge >= 0.3 is 0 Å². The Balaban J connectivity index is 2.10. The molecule has 2 rings (SSSR count). The molecule has 1 amide bonds. The number of imidazole rings is 1. The molecule has 100 valence electrons. The van der Waals surface area contributed by atoms with E-state index < -0.39 is 0 Å². The van der Waals surface area contributed by atoms with E-state index in [0.717, 1.165) is 11.5 Å². The number of rotatable bonds is 4. The minimum absolute atomic E-state index is 0.0905. The maximum atomic E-state index is 12.2. The molecule has 0 fully saturated rings. The van der Waals surface area contributed by atoms with Gasteiger partial charge in [0.25, 0.3) is 5.91 Å². The highest BCUT2D eigenvalue weighted by molar-refractivity contribution is 5.99. The number of carbonyl (C=O) groups is 1. The van der Waals surface area contributed by atoms with Gasteiger partial charge in [0.15, 0.2) is 0 Å². The van der Waals surface area contributed by atoms with E-state index in [-0.39, 0.29) is 5.91 Å². The van der Waals surface area contributed by atoms with Gasteiger partial charge in [-0.2, -0.15) is 0 Å². The van der Waals surface area contributed by atoms with Crippen molar-refractivity contribution in [3.63, 3.8) is 0 Å². The van der Waals surface area contributed by atoms with Crippen LogP contribution in [0.3, 0.4) is 0 Å². The van der Waals surface area contributed by atoms with E-state index in [9.17, 15) is 4.79 Å². The lowest BCUT2D eigenvalue weighted by Gasteiger charge is -2.16. The topological polar surface area (TPSA) is 50.2 Å². The van der Waals surface area contributed by atoms with E-state index in [1.165, 1.54) is 0 Å². The first-order valence-electron chi connectivity index (χ1n) is 6.10. The quantitative estimate of drug-likeness (QED) is 0.902. The molecule has 0 unspecified atom stereocenters. The van der Waals surface area contributed by atoms with Crippen LogP contribution in [0.5, 0.6) is 0 Å². The van der Waals surface area contributed by atoms with Gasteiger partial charge in [0, 0.05) is 39.2 Å². The summed E-state index contributed by atoms with van der Waals surface area (Å²) < 4.78 is 1.89. The van der Waals surface area contributed by atoms with Gasteiger partial charge in [-0.3, -0.25) is 4.79 Å². The summed E-state index contributed by atoms with van der Waals surface area (Å²) in [5.74, 6) is 0.739. The summed E-state index contributed by atoms with van der Waals surface area (Å²) in [6.07, 6.45) is 3.57. The molecule has 2 aromatic rings. The molecule has 0 saturated carbocycles. The Morgan fingerprint density at radius 3 is 2.74 bits per heavy atom. The van der Waals surface area contributed by atoms with Gasteiger partial charge in [0.2, 0.25) is 0 Å². The first-order valence-corrected chi connectivity index (χ1v) is 6.10. The van der Waals surface area contributed by atoms with E-state index >= 15 is 0 Å². The molecular formula is C14H18N4O. The van der Waals surface area contributed by atoms with E-state index in [2.05, 4.69) is 10.3 Å². The minimum Gasteiger partial charge on any atom is -0.377 e. The van der Waals surface area contributed by atoms with Crippen LogP contribution in [0.4, 0.5) is 5.69 Å². The first kappa shape index (κ1) is 13.1. The zero-order valence-corrected chi connectivity index (χ0v) is 11.4. The van der Waals surface area contributed by atoms with Crippen LogP contribution in [0.2, 0.25) is 0 Å². The average Bonchev–Trinajstić information content (AvgIpc) is 2.81. The van der Waals surface area contributed by atoms with Crippen LogP contribution in [0.25, 0.3) is 0 Å². The fourth-order valence-electron chi connectivity index (χ4n) is 1.88. The predicted molar refractivity (Wildman–Crippen MR) is 75.1 cm³/mol. The number of nitrogens with zero attached hydrogens (tertiary/aromatic N) is 3. The Morgan fingerprint density at radius 2 is 2.11 bits per heavy atom. The number of aryl methyl sites for hydroxylation is 1. The fourth-order valence-corrected chi connectivity index (χ4v) is 1.88. The van der Waals surface area contributed by atoms with Gasteiger partial charge in [0.1, 0.15) is 5.82 Å². The number of nitrogens with one attached hydrogen (secondary N) is 1. The third-order valence-corrected chi connectivity index (χ3v) is 2.96. The van der Waals surface area contributed by atoms with Gasteiger partial charge in [-0.15, -0.1) is 0 Å². The highest BCUT2D eigenvalue weighted by Crippen LogP contribution is 2.17. The summed E-state index contributed by atoms with van der Waals surface area (Å²) >= 11 is 0. The molecule has 1 heterocycles. The second-order valence-corrected chi connectivity index (χ2v) is 4.55. The maximum absolute atomic E-state index is 12.2. The van der Waals surface area contributed by atoms with Crippen molar-refractivity contribution < 1.29 is 4.79 Å². The van der Waals surface area contributed by atoms with Gasteiger partial charge in [-0.25, -0.2) is 4.98 Å². The van der Waals surface area contributed by atoms with Gasteiger partial charge in [-0.1, -0.05) is 12.1 Å². The van der Waals surface area contributed by atoms with Crippen LogP contribution in [0, 0.1) is 0 Å². The molecule has 19 heavy (non-hydrogen) atoms. The first-order chi connectivity index (χ1) is 9.09. The van der Waals surface area contributed by atoms with E-state index in [1.807, 2.05) is 61.1 Å². The number of benzene rings is 1. The highest BCUT2D eigenvalue weighted by atomic mass is 16.1. The lowest BCUT2D eigenvalue weighted by Crippen LogP contribution is -2.26. The fraction of sp³-hybridized carbons (Fsp3) is 0.286. The molecule has 0 spiro atoms. The number of anilines is 1. The summed E-state index contributed by atoms with van der Waals surface area (Å²) in [6.45, 7) is 0.421. The Hall–Kier alpha value is -2.30. The molecular weight excluding hydrogens is 240 g/mol. The molecule has 1 aromatic carbocycles. The standard InChI is InChI=1S/C14H18N4O/c1-17(2)12-7-5-4-6-11(12)14(19)16-10-13-15-8-9-18(13)3/h4-9H,10H2,1-3H3,(H,16,19). The second kappa shape index (κ2) is 5.56. The van der Waals surface area contributed by atoms with E-state index in [4.69, 9.17) is 0 Å². The number of hydrogen-bond donors (Lipinski definition) is 1. The molecule has 1 aromatic heterocycles. The third-order valence-electron chi connectivity index (χ3n) is 2.96. The van der Waals surface area contributed by atoms with Crippen molar-refractivity contribution >= 4 is 11.6 Å². The van der Waals surface area contributed by atoms with E-state index in [0.29, 0.717) is 12.1 Å². The zero-order valence-electron chi connectivity index (χ0n) is 11.4. The maximum Gasteiger partial charge on any atom is 0.253 e. The van der Waals surface area contributed by atoms with Crippen LogP contribution in [-0.2, 0) is 13.6 Å². The van der Waals surface area contributed by atoms with Crippen LogP contribution in [0.1, 0.15) is 16.2 Å². The average molecular weight is 258 g/mol. The summed E-state index contributed by atoms with van der Waals surface area (Å²) in [7, 11) is 5.75. The van der Waals surface area contributed by atoms with Crippen molar-refractivity contribution in [2.75, 3.05) is 19.0 Å². The zero-order chi connectivity index (χ0) is 13.8. The van der Waals surface area contributed by atoms with Crippen LogP contribution in [-0.4, -0.2) is 29.6 Å². The van der Waals surface area contributed by atoms with Gasteiger partial charge in [0.05, 0.1) is 12.1 Å². The largest absolute Gasteiger partial charge is 0.377 e. The molecule has 0 aliphatic carbocycles. The summed E-state index contributed by atoms with van der Waals surface area (Å²) in [5, 5.41) is 2.89. The Kier molecular flexibility index (Phi) is 3.85. The second-order valence-electron chi connectivity index (χ2n) is 4.55. The van der Waals surface area contributed by atoms with Crippen molar-refractivity contribution in [3.05, 3.63) is 48.0 Å². The number of para-hydroxylation sites is 1. The summed E-state index contributed by atoms with van der Waals surface area (Å²) in [4.78, 5) is 18.3. The Morgan fingerprint density at radius 1 is 1.37 bits per heavy atom. The molecule has 1 N–H and O–H groups in total. The predicted octanol–water partition coefficient (Wildman–Crippen LogP) is 1.42. The summed E-state index contributed by atoms with van der Waals surface area (Å²) in [6, 6.07) is 7.53. The summed E-state index contributed by atoms with van der Waals surface area (Å²) in [5.41, 5.74) is 1.57. The van der Waals surface area contributed by atoms with Gasteiger partial charge < -0.3 is 14.8 Å². The molecule has 0 radical (unpaired) electrons. The Labute approximate surface area is 112 Å². The number of carbonyl (C=O) groups excluding carboxylic acids is 1. The smallest absolute Gasteiger partial charge is 0.253 e. The Bertz CT molecular complexity index is 574. The number of aromatic nitrogens is 2. The molecule has 5 heteroatoms. The van der Waals surface area contributed by atoms with E-state index in [1.54, 1.807) is 6.20 Å². The molecule has 5 nitrogen and oxygen atoms in total. The van der Waals surface area contributed by atoms with Crippen molar-refractivity contribution in [3.8, 4) is 0 Å². The van der Waals surface area contributed by atoms with Crippen LogP contribution in [0.15, 0.2) is 36.7 Å².